The Morgan fingerprint density at radius 2 is 2.22 bits per heavy atom. The first-order chi connectivity index (χ1) is 8.37. The molecule has 1 saturated heterocycles. The van der Waals surface area contributed by atoms with E-state index >= 15 is 0 Å². The summed E-state index contributed by atoms with van der Waals surface area (Å²) in [5.41, 5.74) is 0. The van der Waals surface area contributed by atoms with E-state index in [4.69, 9.17) is 4.74 Å². The average Bonchev–Trinajstić information content (AvgIpc) is 2.35. The molecule has 0 aromatic carbocycles. The third kappa shape index (κ3) is 3.91. The molecule has 106 valence electrons. The number of esters is 1. The van der Waals surface area contributed by atoms with Crippen molar-refractivity contribution in [1.82, 2.24) is 8.61 Å². The van der Waals surface area contributed by atoms with Crippen LogP contribution < -0.4 is 0 Å². The molecule has 1 aliphatic heterocycles. The first-order valence-corrected chi connectivity index (χ1v) is 7.17. The van der Waals surface area contributed by atoms with E-state index in [1.165, 1.54) is 22.8 Å². The van der Waals surface area contributed by atoms with Gasteiger partial charge in [0.1, 0.15) is 0 Å². The number of ether oxygens (including phenoxy) is 2. The summed E-state index contributed by atoms with van der Waals surface area (Å²) in [5, 5.41) is 0. The van der Waals surface area contributed by atoms with Gasteiger partial charge in [0.15, 0.2) is 0 Å². The van der Waals surface area contributed by atoms with Gasteiger partial charge in [-0.25, -0.2) is 0 Å². The van der Waals surface area contributed by atoms with Crippen LogP contribution >= 0.6 is 0 Å². The summed E-state index contributed by atoms with van der Waals surface area (Å²) < 4.78 is 36.7. The van der Waals surface area contributed by atoms with Gasteiger partial charge in [-0.1, -0.05) is 0 Å². The molecule has 0 N–H and O–H groups in total. The molecule has 0 aromatic heterocycles. The second kappa shape index (κ2) is 6.46. The van der Waals surface area contributed by atoms with E-state index in [2.05, 4.69) is 4.74 Å². The standard InChI is InChI=1S/C10H20N2O5S/c1-9-8-12(6-7-17-9)18(14,15)11(2)5-4-10(13)16-3/h9H,4-8H2,1-3H3. The van der Waals surface area contributed by atoms with Crippen LogP contribution in [0, 0.1) is 0 Å². The Labute approximate surface area is 108 Å². The van der Waals surface area contributed by atoms with Crippen molar-refractivity contribution in [3.63, 3.8) is 0 Å². The summed E-state index contributed by atoms with van der Waals surface area (Å²) in [7, 11) is -0.785. The van der Waals surface area contributed by atoms with Crippen LogP contribution in [0.2, 0.25) is 0 Å². The zero-order valence-electron chi connectivity index (χ0n) is 11.0. The fourth-order valence-corrected chi connectivity index (χ4v) is 3.08. The lowest BCUT2D eigenvalue weighted by Crippen LogP contribution is -2.50. The number of methoxy groups -OCH3 is 1. The zero-order valence-corrected chi connectivity index (χ0v) is 11.8. The van der Waals surface area contributed by atoms with Crippen LogP contribution in [-0.2, 0) is 24.5 Å². The molecule has 1 heterocycles. The molecule has 0 radical (unpaired) electrons. The molecule has 1 fully saturated rings. The summed E-state index contributed by atoms with van der Waals surface area (Å²) in [6, 6.07) is 0. The maximum absolute atomic E-state index is 12.2. The Balaban J connectivity index is 2.58. The first kappa shape index (κ1) is 15.4. The van der Waals surface area contributed by atoms with Crippen LogP contribution in [0.15, 0.2) is 0 Å². The predicted molar refractivity (Wildman–Crippen MR) is 65.2 cm³/mol. The normalized spacial score (nSPS) is 22.1. The molecule has 0 bridgehead atoms. The molecule has 0 amide bonds. The molecule has 18 heavy (non-hydrogen) atoms. The summed E-state index contributed by atoms with van der Waals surface area (Å²) in [4.78, 5) is 11.0. The van der Waals surface area contributed by atoms with Crippen LogP contribution in [0.25, 0.3) is 0 Å². The van der Waals surface area contributed by atoms with Crippen molar-refractivity contribution in [1.29, 1.82) is 0 Å². The summed E-state index contributed by atoms with van der Waals surface area (Å²) in [6.07, 6.45) is -0.0610. The van der Waals surface area contributed by atoms with Crippen molar-refractivity contribution < 1.29 is 22.7 Å². The molecule has 7 nitrogen and oxygen atoms in total. The van der Waals surface area contributed by atoms with E-state index in [1.54, 1.807) is 0 Å². The van der Waals surface area contributed by atoms with E-state index in [0.717, 1.165) is 0 Å². The van der Waals surface area contributed by atoms with Gasteiger partial charge in [0.25, 0.3) is 10.2 Å². The molecule has 1 unspecified atom stereocenters. The van der Waals surface area contributed by atoms with Gasteiger partial charge in [-0.15, -0.1) is 0 Å². The van der Waals surface area contributed by atoms with Crippen molar-refractivity contribution in [3.05, 3.63) is 0 Å². The Bertz CT molecular complexity index is 384. The first-order valence-electron chi connectivity index (χ1n) is 5.77. The molecule has 0 saturated carbocycles. The van der Waals surface area contributed by atoms with Crippen LogP contribution in [-0.4, -0.2) is 69.5 Å². The second-order valence-electron chi connectivity index (χ2n) is 4.19. The molecular weight excluding hydrogens is 260 g/mol. The van der Waals surface area contributed by atoms with Gasteiger partial charge in [0, 0.05) is 26.7 Å². The van der Waals surface area contributed by atoms with Gasteiger partial charge in [-0.05, 0) is 6.92 Å². The topological polar surface area (TPSA) is 76.2 Å². The summed E-state index contributed by atoms with van der Waals surface area (Å²) >= 11 is 0. The smallest absolute Gasteiger partial charge is 0.306 e. The van der Waals surface area contributed by atoms with E-state index in [0.29, 0.717) is 19.7 Å². The average molecular weight is 280 g/mol. The Hall–Kier alpha value is -0.700. The van der Waals surface area contributed by atoms with Gasteiger partial charge in [0.2, 0.25) is 0 Å². The van der Waals surface area contributed by atoms with E-state index < -0.39 is 16.2 Å². The lowest BCUT2D eigenvalue weighted by Gasteiger charge is -2.33. The Kier molecular flexibility index (Phi) is 5.51. The number of carbonyl (C=O) groups excluding carboxylic acids is 1. The molecular formula is C10H20N2O5S. The number of morpholine rings is 1. The maximum atomic E-state index is 12.2. The zero-order chi connectivity index (χ0) is 13.8. The number of carbonyl (C=O) groups is 1. The maximum Gasteiger partial charge on any atom is 0.306 e. The largest absolute Gasteiger partial charge is 0.469 e. The van der Waals surface area contributed by atoms with Crippen LogP contribution in [0.3, 0.4) is 0 Å². The molecule has 1 atom stereocenters. The monoisotopic (exact) mass is 280 g/mol. The SMILES string of the molecule is COC(=O)CCN(C)S(=O)(=O)N1CCOC(C)C1. The van der Waals surface area contributed by atoms with Crippen molar-refractivity contribution in [2.24, 2.45) is 0 Å². The fraction of sp³-hybridized carbons (Fsp3) is 0.900. The minimum Gasteiger partial charge on any atom is -0.469 e. The number of rotatable bonds is 5. The Morgan fingerprint density at radius 1 is 1.56 bits per heavy atom. The van der Waals surface area contributed by atoms with Gasteiger partial charge >= 0.3 is 5.97 Å². The summed E-state index contributed by atoms with van der Waals surface area (Å²) in [5.74, 6) is -0.424. The van der Waals surface area contributed by atoms with Gasteiger partial charge in [0.05, 0.1) is 26.2 Å². The van der Waals surface area contributed by atoms with E-state index in [-0.39, 0.29) is 19.1 Å². The Morgan fingerprint density at radius 3 is 2.78 bits per heavy atom. The fourth-order valence-electron chi connectivity index (χ4n) is 1.66. The van der Waals surface area contributed by atoms with Gasteiger partial charge in [-0.3, -0.25) is 4.79 Å². The lowest BCUT2D eigenvalue weighted by atomic mass is 10.3. The molecule has 8 heteroatoms. The molecule has 1 aliphatic rings. The highest BCUT2D eigenvalue weighted by molar-refractivity contribution is 7.86. The third-order valence-corrected chi connectivity index (χ3v) is 4.74. The van der Waals surface area contributed by atoms with Crippen molar-refractivity contribution in [3.8, 4) is 0 Å². The van der Waals surface area contributed by atoms with Crippen molar-refractivity contribution in [2.45, 2.75) is 19.4 Å². The minimum atomic E-state index is -3.52. The van der Waals surface area contributed by atoms with Crippen molar-refractivity contribution in [2.75, 3.05) is 40.4 Å². The lowest BCUT2D eigenvalue weighted by molar-refractivity contribution is -0.140. The predicted octanol–water partition coefficient (Wildman–Crippen LogP) is -0.553. The molecule has 1 rings (SSSR count). The number of hydrogen-bond acceptors (Lipinski definition) is 5. The highest BCUT2D eigenvalue weighted by Gasteiger charge is 2.30. The third-order valence-electron chi connectivity index (χ3n) is 2.78. The second-order valence-corrected chi connectivity index (χ2v) is 6.23. The molecule has 0 aromatic rings. The summed E-state index contributed by atoms with van der Waals surface area (Å²) in [6.45, 7) is 3.02. The van der Waals surface area contributed by atoms with Gasteiger partial charge in [-0.2, -0.15) is 17.0 Å². The minimum absolute atomic E-state index is 0.0477. The highest BCUT2D eigenvalue weighted by Crippen LogP contribution is 2.12. The van der Waals surface area contributed by atoms with Gasteiger partial charge < -0.3 is 9.47 Å². The quantitative estimate of drug-likeness (QED) is 0.631. The van der Waals surface area contributed by atoms with E-state index in [1.807, 2.05) is 6.92 Å². The van der Waals surface area contributed by atoms with Crippen LogP contribution in [0.5, 0.6) is 0 Å². The number of nitrogens with zero attached hydrogens (tertiary/aromatic N) is 2. The number of hydrogen-bond donors (Lipinski definition) is 0. The van der Waals surface area contributed by atoms with Crippen LogP contribution in [0.4, 0.5) is 0 Å². The highest BCUT2D eigenvalue weighted by atomic mass is 32.2. The van der Waals surface area contributed by atoms with Crippen LogP contribution in [0.1, 0.15) is 13.3 Å². The molecule has 0 aliphatic carbocycles. The van der Waals surface area contributed by atoms with Crippen molar-refractivity contribution >= 4 is 16.2 Å². The molecule has 0 spiro atoms. The van der Waals surface area contributed by atoms with E-state index in [9.17, 15) is 13.2 Å².